The largest absolute Gasteiger partial charge is 0.507 e. The molecule has 0 saturated carbocycles. The average molecular weight is 178 g/mol. The van der Waals surface area contributed by atoms with Crippen LogP contribution < -0.4 is 0 Å². The third kappa shape index (κ3) is 1.26. The van der Waals surface area contributed by atoms with Gasteiger partial charge in [-0.15, -0.1) is 0 Å². The van der Waals surface area contributed by atoms with E-state index >= 15 is 0 Å². The summed E-state index contributed by atoms with van der Waals surface area (Å²) < 4.78 is 4.99. The molecule has 1 heterocycles. The molecule has 0 fully saturated rings. The summed E-state index contributed by atoms with van der Waals surface area (Å²) >= 11 is 0. The Bertz CT molecular complexity index is 357. The fourth-order valence-electron chi connectivity index (χ4n) is 1.59. The van der Waals surface area contributed by atoms with Crippen LogP contribution in [-0.2, 0) is 11.2 Å². The lowest BCUT2D eigenvalue weighted by molar-refractivity contribution is 0.0297. The molecule has 1 N–H and O–H groups in total. The molecule has 1 aromatic rings. The summed E-state index contributed by atoms with van der Waals surface area (Å²) in [6.07, 6.45) is 0.581. The Kier molecular flexibility index (Phi) is 1.72. The number of ether oxygens (including phenoxy) is 1. The molecule has 1 atom stereocenters. The third-order valence-corrected chi connectivity index (χ3v) is 2.15. The van der Waals surface area contributed by atoms with Crippen LogP contribution >= 0.6 is 0 Å². The van der Waals surface area contributed by atoms with Crippen molar-refractivity contribution in [3.8, 4) is 5.75 Å². The summed E-state index contributed by atoms with van der Waals surface area (Å²) in [6, 6.07) is 5.07. The fourth-order valence-corrected chi connectivity index (χ4v) is 1.59. The number of hydrogen-bond acceptors (Lipinski definition) is 3. The molecule has 1 aliphatic rings. The monoisotopic (exact) mass is 178 g/mol. The number of rotatable bonds is 0. The molecular weight excluding hydrogens is 168 g/mol. The standard InChI is InChI=1S/C10H10O3/c1-6-5-7-3-2-4-8(11)9(7)10(12)13-6/h2-4,6,11H,5H2,1H3/t6-/m1/s1. The van der Waals surface area contributed by atoms with E-state index in [1.54, 1.807) is 6.07 Å². The third-order valence-electron chi connectivity index (χ3n) is 2.15. The maximum absolute atomic E-state index is 11.3. The van der Waals surface area contributed by atoms with Crippen molar-refractivity contribution in [1.29, 1.82) is 0 Å². The summed E-state index contributed by atoms with van der Waals surface area (Å²) in [4.78, 5) is 11.3. The minimum Gasteiger partial charge on any atom is -0.507 e. The average Bonchev–Trinajstić information content (AvgIpc) is 2.02. The highest BCUT2D eigenvalue weighted by Gasteiger charge is 2.25. The van der Waals surface area contributed by atoms with Gasteiger partial charge >= 0.3 is 5.97 Å². The number of phenols is 1. The summed E-state index contributed by atoms with van der Waals surface area (Å²) in [5, 5.41) is 9.41. The minimum atomic E-state index is -0.424. The van der Waals surface area contributed by atoms with Crippen LogP contribution in [0, 0.1) is 0 Å². The summed E-state index contributed by atoms with van der Waals surface area (Å²) in [5.74, 6) is -0.416. The van der Waals surface area contributed by atoms with Gasteiger partial charge in [0.05, 0.1) is 0 Å². The Labute approximate surface area is 76.0 Å². The molecule has 1 aromatic carbocycles. The van der Waals surface area contributed by atoms with Crippen molar-refractivity contribution in [2.75, 3.05) is 0 Å². The van der Waals surface area contributed by atoms with E-state index in [2.05, 4.69) is 0 Å². The van der Waals surface area contributed by atoms with Crippen LogP contribution in [0.1, 0.15) is 22.8 Å². The Balaban J connectivity index is 2.55. The number of phenolic OH excluding ortho intramolecular Hbond substituents is 1. The number of benzene rings is 1. The predicted octanol–water partition coefficient (Wildman–Crippen LogP) is 1.49. The molecule has 3 heteroatoms. The van der Waals surface area contributed by atoms with Crippen molar-refractivity contribution >= 4 is 5.97 Å². The Morgan fingerprint density at radius 1 is 1.54 bits per heavy atom. The zero-order chi connectivity index (χ0) is 9.42. The van der Waals surface area contributed by atoms with Crippen molar-refractivity contribution in [3.05, 3.63) is 29.3 Å². The first-order valence-corrected chi connectivity index (χ1v) is 4.20. The number of cyclic esters (lactones) is 1. The maximum atomic E-state index is 11.3. The van der Waals surface area contributed by atoms with Gasteiger partial charge in [0.15, 0.2) is 0 Å². The van der Waals surface area contributed by atoms with E-state index in [9.17, 15) is 9.90 Å². The molecule has 0 bridgehead atoms. The van der Waals surface area contributed by atoms with Crippen LogP contribution in [0.2, 0.25) is 0 Å². The van der Waals surface area contributed by atoms with E-state index in [4.69, 9.17) is 4.74 Å². The fraction of sp³-hybridized carbons (Fsp3) is 0.300. The zero-order valence-corrected chi connectivity index (χ0v) is 7.28. The number of carbonyl (C=O) groups is 1. The van der Waals surface area contributed by atoms with E-state index in [0.29, 0.717) is 12.0 Å². The van der Waals surface area contributed by atoms with Crippen molar-refractivity contribution < 1.29 is 14.6 Å². The second-order valence-corrected chi connectivity index (χ2v) is 3.23. The topological polar surface area (TPSA) is 46.5 Å². The highest BCUT2D eigenvalue weighted by atomic mass is 16.5. The molecule has 0 unspecified atom stereocenters. The summed E-state index contributed by atoms with van der Waals surface area (Å²) in [7, 11) is 0. The first-order chi connectivity index (χ1) is 6.18. The van der Waals surface area contributed by atoms with Crippen LogP contribution in [0.3, 0.4) is 0 Å². The first kappa shape index (κ1) is 8.10. The second-order valence-electron chi connectivity index (χ2n) is 3.23. The molecule has 3 nitrogen and oxygen atoms in total. The van der Waals surface area contributed by atoms with Crippen LogP contribution in [0.15, 0.2) is 18.2 Å². The Hall–Kier alpha value is -1.51. The van der Waals surface area contributed by atoms with Gasteiger partial charge < -0.3 is 9.84 Å². The van der Waals surface area contributed by atoms with Gasteiger partial charge in [-0.05, 0) is 18.6 Å². The lowest BCUT2D eigenvalue weighted by Crippen LogP contribution is -2.24. The van der Waals surface area contributed by atoms with Crippen LogP contribution in [0.25, 0.3) is 0 Å². The molecule has 68 valence electrons. The van der Waals surface area contributed by atoms with Gasteiger partial charge in [0.25, 0.3) is 0 Å². The quantitative estimate of drug-likeness (QED) is 0.612. The highest BCUT2D eigenvalue weighted by Crippen LogP contribution is 2.27. The summed E-state index contributed by atoms with van der Waals surface area (Å²) in [5.41, 5.74) is 1.18. The Morgan fingerprint density at radius 2 is 2.31 bits per heavy atom. The minimum absolute atomic E-state index is 0.00870. The lowest BCUT2D eigenvalue weighted by Gasteiger charge is -2.21. The molecule has 0 radical (unpaired) electrons. The van der Waals surface area contributed by atoms with E-state index in [1.807, 2.05) is 13.0 Å². The van der Waals surface area contributed by atoms with Crippen LogP contribution in [-0.4, -0.2) is 17.2 Å². The number of esters is 1. The molecule has 2 rings (SSSR count). The van der Waals surface area contributed by atoms with Gasteiger partial charge in [-0.25, -0.2) is 4.79 Å². The van der Waals surface area contributed by atoms with Crippen LogP contribution in [0.5, 0.6) is 5.75 Å². The molecule has 1 aliphatic heterocycles. The molecule has 0 spiro atoms. The van der Waals surface area contributed by atoms with Gasteiger partial charge in [-0.3, -0.25) is 0 Å². The molecule has 13 heavy (non-hydrogen) atoms. The zero-order valence-electron chi connectivity index (χ0n) is 7.28. The van der Waals surface area contributed by atoms with Gasteiger partial charge in [0.2, 0.25) is 0 Å². The Morgan fingerprint density at radius 3 is 3.08 bits per heavy atom. The number of aromatic hydroxyl groups is 1. The van der Waals surface area contributed by atoms with Gasteiger partial charge in [0, 0.05) is 6.42 Å². The SMILES string of the molecule is C[C@@H]1Cc2cccc(O)c2C(=O)O1. The molecular formula is C10H10O3. The highest BCUT2D eigenvalue weighted by molar-refractivity contribution is 5.95. The number of hydrogen-bond donors (Lipinski definition) is 1. The predicted molar refractivity (Wildman–Crippen MR) is 46.7 cm³/mol. The number of fused-ring (bicyclic) bond motifs is 1. The molecule has 0 saturated heterocycles. The summed E-state index contributed by atoms with van der Waals surface area (Å²) in [6.45, 7) is 1.84. The van der Waals surface area contributed by atoms with E-state index in [1.165, 1.54) is 6.07 Å². The van der Waals surface area contributed by atoms with Crippen LogP contribution in [0.4, 0.5) is 0 Å². The van der Waals surface area contributed by atoms with Crippen molar-refractivity contribution in [2.24, 2.45) is 0 Å². The normalized spacial score (nSPS) is 20.7. The van der Waals surface area contributed by atoms with Crippen molar-refractivity contribution in [2.45, 2.75) is 19.4 Å². The van der Waals surface area contributed by atoms with Crippen molar-refractivity contribution in [3.63, 3.8) is 0 Å². The lowest BCUT2D eigenvalue weighted by atomic mass is 9.98. The smallest absolute Gasteiger partial charge is 0.342 e. The van der Waals surface area contributed by atoms with E-state index in [-0.39, 0.29) is 11.9 Å². The molecule has 0 aromatic heterocycles. The first-order valence-electron chi connectivity index (χ1n) is 4.20. The maximum Gasteiger partial charge on any atom is 0.342 e. The van der Waals surface area contributed by atoms with E-state index in [0.717, 1.165) is 5.56 Å². The second kappa shape index (κ2) is 2.76. The van der Waals surface area contributed by atoms with Gasteiger partial charge in [-0.2, -0.15) is 0 Å². The van der Waals surface area contributed by atoms with Gasteiger partial charge in [0.1, 0.15) is 17.4 Å². The molecule has 0 aliphatic carbocycles. The van der Waals surface area contributed by atoms with Gasteiger partial charge in [-0.1, -0.05) is 12.1 Å². The van der Waals surface area contributed by atoms with Crippen molar-refractivity contribution in [1.82, 2.24) is 0 Å². The number of carbonyl (C=O) groups excluding carboxylic acids is 1. The molecule has 0 amide bonds. The van der Waals surface area contributed by atoms with E-state index < -0.39 is 5.97 Å².